The van der Waals surface area contributed by atoms with E-state index >= 15 is 0 Å². The molecular weight excluding hydrogens is 346 g/mol. The number of allylic oxidation sites excluding steroid dienone is 3. The summed E-state index contributed by atoms with van der Waals surface area (Å²) in [7, 11) is 3.12. The Balaban J connectivity index is 2.25. The zero-order valence-electron chi connectivity index (χ0n) is 16.2. The van der Waals surface area contributed by atoms with Crippen LogP contribution in [0.4, 0.5) is 0 Å². The Hall–Kier alpha value is -2.76. The van der Waals surface area contributed by atoms with Crippen LogP contribution in [0.1, 0.15) is 44.6 Å². The van der Waals surface area contributed by atoms with E-state index in [0.717, 1.165) is 24.1 Å². The van der Waals surface area contributed by atoms with Gasteiger partial charge in [-0.2, -0.15) is 0 Å². The van der Waals surface area contributed by atoms with Gasteiger partial charge in [0.05, 0.1) is 32.3 Å². The molecule has 0 aromatic heterocycles. The Kier molecular flexibility index (Phi) is 5.54. The van der Waals surface area contributed by atoms with E-state index < -0.39 is 11.9 Å². The maximum atomic E-state index is 12.9. The molecule has 0 saturated heterocycles. The standard InChI is InChI=1S/C21H25NO5/c1-5-27-21(24)17-12(2)22-14-9-7-10-15(23)19(14)18(17)13-8-6-11-16(25-3)20(13)26-4/h6,8,11,18,22H,5,7,9-10H2,1-4H3. The molecule has 1 aliphatic heterocycles. The summed E-state index contributed by atoms with van der Waals surface area (Å²) >= 11 is 0. The minimum absolute atomic E-state index is 0.0490. The van der Waals surface area contributed by atoms with Gasteiger partial charge in [-0.25, -0.2) is 4.79 Å². The van der Waals surface area contributed by atoms with Crippen LogP contribution in [-0.2, 0) is 14.3 Å². The predicted octanol–water partition coefficient (Wildman–Crippen LogP) is 3.23. The molecule has 6 nitrogen and oxygen atoms in total. The van der Waals surface area contributed by atoms with Crippen LogP contribution in [0.15, 0.2) is 40.7 Å². The summed E-state index contributed by atoms with van der Waals surface area (Å²) in [4.78, 5) is 25.7. The summed E-state index contributed by atoms with van der Waals surface area (Å²) in [6.07, 6.45) is 2.05. The first-order valence-electron chi connectivity index (χ1n) is 9.15. The first-order chi connectivity index (χ1) is 13.0. The molecule has 0 amide bonds. The van der Waals surface area contributed by atoms with Crippen LogP contribution in [0.3, 0.4) is 0 Å². The zero-order valence-corrected chi connectivity index (χ0v) is 16.2. The van der Waals surface area contributed by atoms with Crippen molar-refractivity contribution in [1.29, 1.82) is 0 Å². The van der Waals surface area contributed by atoms with Gasteiger partial charge in [0.15, 0.2) is 17.3 Å². The average Bonchev–Trinajstić information content (AvgIpc) is 2.66. The lowest BCUT2D eigenvalue weighted by Gasteiger charge is -2.34. The van der Waals surface area contributed by atoms with Crippen molar-refractivity contribution in [2.75, 3.05) is 20.8 Å². The molecule has 2 aliphatic rings. The fourth-order valence-corrected chi connectivity index (χ4v) is 3.91. The van der Waals surface area contributed by atoms with Crippen LogP contribution < -0.4 is 14.8 Å². The highest BCUT2D eigenvalue weighted by Crippen LogP contribution is 2.47. The second kappa shape index (κ2) is 7.86. The van der Waals surface area contributed by atoms with Gasteiger partial charge in [-0.15, -0.1) is 0 Å². The predicted molar refractivity (Wildman–Crippen MR) is 101 cm³/mol. The number of carbonyl (C=O) groups excluding carboxylic acids is 2. The van der Waals surface area contributed by atoms with E-state index in [1.165, 1.54) is 0 Å². The third-order valence-electron chi connectivity index (χ3n) is 5.02. The quantitative estimate of drug-likeness (QED) is 0.801. The van der Waals surface area contributed by atoms with Crippen LogP contribution in [0.2, 0.25) is 0 Å². The molecule has 1 atom stereocenters. The summed E-state index contributed by atoms with van der Waals surface area (Å²) in [5.74, 6) is 0.153. The van der Waals surface area contributed by atoms with E-state index in [1.807, 2.05) is 19.1 Å². The molecule has 0 saturated carbocycles. The van der Waals surface area contributed by atoms with Crippen LogP contribution in [0, 0.1) is 0 Å². The number of methoxy groups -OCH3 is 2. The molecule has 1 aromatic carbocycles. The maximum absolute atomic E-state index is 12.9. The third kappa shape index (κ3) is 3.31. The average molecular weight is 371 g/mol. The van der Waals surface area contributed by atoms with Gasteiger partial charge in [-0.3, -0.25) is 4.79 Å². The van der Waals surface area contributed by atoms with Crippen molar-refractivity contribution >= 4 is 11.8 Å². The zero-order chi connectivity index (χ0) is 19.6. The molecule has 27 heavy (non-hydrogen) atoms. The van der Waals surface area contributed by atoms with Crippen molar-refractivity contribution in [1.82, 2.24) is 5.32 Å². The molecule has 0 fully saturated rings. The lowest BCUT2D eigenvalue weighted by atomic mass is 9.75. The Morgan fingerprint density at radius 3 is 2.67 bits per heavy atom. The van der Waals surface area contributed by atoms with E-state index in [9.17, 15) is 9.59 Å². The van der Waals surface area contributed by atoms with E-state index in [-0.39, 0.29) is 12.4 Å². The number of carbonyl (C=O) groups is 2. The molecule has 1 aliphatic carbocycles. The Morgan fingerprint density at radius 2 is 2.00 bits per heavy atom. The number of dihydropyridines is 1. The van der Waals surface area contributed by atoms with Crippen molar-refractivity contribution in [3.05, 3.63) is 46.3 Å². The highest BCUT2D eigenvalue weighted by Gasteiger charge is 2.40. The van der Waals surface area contributed by atoms with Gasteiger partial charge in [0, 0.05) is 29.0 Å². The molecule has 1 N–H and O–H groups in total. The number of benzene rings is 1. The Bertz CT molecular complexity index is 837. The lowest BCUT2D eigenvalue weighted by molar-refractivity contribution is -0.138. The number of Topliss-reactive ketones (excluding diaryl/α,β-unsaturated/α-hetero) is 1. The fraction of sp³-hybridized carbons (Fsp3) is 0.429. The highest BCUT2D eigenvalue weighted by atomic mass is 16.5. The largest absolute Gasteiger partial charge is 0.493 e. The van der Waals surface area contributed by atoms with Gasteiger partial charge < -0.3 is 19.5 Å². The van der Waals surface area contributed by atoms with Crippen LogP contribution in [-0.4, -0.2) is 32.6 Å². The van der Waals surface area contributed by atoms with Crippen LogP contribution >= 0.6 is 0 Å². The summed E-state index contributed by atoms with van der Waals surface area (Å²) < 4.78 is 16.3. The van der Waals surface area contributed by atoms with E-state index in [4.69, 9.17) is 14.2 Å². The number of ether oxygens (including phenoxy) is 3. The van der Waals surface area contributed by atoms with Gasteiger partial charge in [0.2, 0.25) is 0 Å². The monoisotopic (exact) mass is 371 g/mol. The minimum atomic E-state index is -0.543. The van der Waals surface area contributed by atoms with E-state index in [0.29, 0.717) is 34.8 Å². The number of para-hydroxylation sites is 1. The van der Waals surface area contributed by atoms with Crippen LogP contribution in [0.5, 0.6) is 11.5 Å². The van der Waals surface area contributed by atoms with Gasteiger partial charge in [0.1, 0.15) is 0 Å². The van der Waals surface area contributed by atoms with Crippen molar-refractivity contribution in [2.45, 2.75) is 39.0 Å². The van der Waals surface area contributed by atoms with E-state index in [1.54, 1.807) is 27.2 Å². The summed E-state index contributed by atoms with van der Waals surface area (Å²) in [6, 6.07) is 5.50. The molecule has 1 aromatic rings. The highest BCUT2D eigenvalue weighted by molar-refractivity contribution is 6.04. The van der Waals surface area contributed by atoms with Gasteiger partial charge >= 0.3 is 5.97 Å². The van der Waals surface area contributed by atoms with Gasteiger partial charge in [-0.05, 0) is 32.8 Å². The number of hydrogen-bond acceptors (Lipinski definition) is 6. The maximum Gasteiger partial charge on any atom is 0.336 e. The van der Waals surface area contributed by atoms with Crippen molar-refractivity contribution in [3.63, 3.8) is 0 Å². The number of ketones is 1. The molecule has 1 unspecified atom stereocenters. The normalized spacial score (nSPS) is 19.4. The first kappa shape index (κ1) is 19.0. The molecule has 3 rings (SSSR count). The second-order valence-electron chi connectivity index (χ2n) is 6.57. The number of esters is 1. The molecular formula is C21H25NO5. The Labute approximate surface area is 159 Å². The fourth-order valence-electron chi connectivity index (χ4n) is 3.91. The van der Waals surface area contributed by atoms with Crippen molar-refractivity contribution < 1.29 is 23.8 Å². The molecule has 144 valence electrons. The SMILES string of the molecule is CCOC(=O)C1=C(C)NC2=C(C(=O)CCC2)C1c1cccc(OC)c1OC. The smallest absolute Gasteiger partial charge is 0.336 e. The third-order valence-corrected chi connectivity index (χ3v) is 5.02. The number of nitrogens with one attached hydrogen (secondary N) is 1. The topological polar surface area (TPSA) is 73.9 Å². The summed E-state index contributed by atoms with van der Waals surface area (Å²) in [5, 5.41) is 3.27. The summed E-state index contributed by atoms with van der Waals surface area (Å²) in [5.41, 5.74) is 3.38. The van der Waals surface area contributed by atoms with Crippen molar-refractivity contribution in [3.8, 4) is 11.5 Å². The van der Waals surface area contributed by atoms with Gasteiger partial charge in [0.25, 0.3) is 0 Å². The lowest BCUT2D eigenvalue weighted by Crippen LogP contribution is -2.34. The molecule has 0 radical (unpaired) electrons. The minimum Gasteiger partial charge on any atom is -0.493 e. The Morgan fingerprint density at radius 1 is 1.22 bits per heavy atom. The van der Waals surface area contributed by atoms with E-state index in [2.05, 4.69) is 5.32 Å². The molecule has 1 heterocycles. The van der Waals surface area contributed by atoms with Crippen molar-refractivity contribution in [2.24, 2.45) is 0 Å². The first-order valence-corrected chi connectivity index (χ1v) is 9.15. The number of hydrogen-bond donors (Lipinski definition) is 1. The number of rotatable bonds is 5. The molecule has 0 spiro atoms. The molecule has 0 bridgehead atoms. The second-order valence-corrected chi connectivity index (χ2v) is 6.57. The van der Waals surface area contributed by atoms with Gasteiger partial charge in [-0.1, -0.05) is 12.1 Å². The summed E-state index contributed by atoms with van der Waals surface area (Å²) in [6.45, 7) is 3.87. The van der Waals surface area contributed by atoms with Crippen LogP contribution in [0.25, 0.3) is 0 Å². The molecule has 6 heteroatoms.